The highest BCUT2D eigenvalue weighted by atomic mass is 35.5. The maximum Gasteiger partial charge on any atom is 0.313 e. The molecule has 2 saturated carbocycles. The van der Waals surface area contributed by atoms with Crippen molar-refractivity contribution in [3.63, 3.8) is 0 Å². The molecule has 10 heteroatoms. The third-order valence-electron chi connectivity index (χ3n) is 8.24. The van der Waals surface area contributed by atoms with Crippen molar-refractivity contribution >= 4 is 35.3 Å². The van der Waals surface area contributed by atoms with Crippen LogP contribution < -0.4 is 0 Å². The minimum Gasteiger partial charge on any atom is -0.472 e. The van der Waals surface area contributed by atoms with Crippen LogP contribution in [0.3, 0.4) is 0 Å². The quantitative estimate of drug-likeness (QED) is 0.371. The molecule has 1 aliphatic heterocycles. The van der Waals surface area contributed by atoms with Gasteiger partial charge in [0, 0.05) is 32.3 Å². The molecule has 2 heterocycles. The van der Waals surface area contributed by atoms with Crippen molar-refractivity contribution in [1.29, 1.82) is 0 Å². The van der Waals surface area contributed by atoms with Crippen LogP contribution in [-0.2, 0) is 33.4 Å². The SMILES string of the molecule is CC(=O)OC[C@@]12[C@@H](OC(C)=O)C[C@@H](C)[C@]3(CC(c4ccoc4)OC3=O)[C@H]1CCC(=O)[C@]2(O)CCl. The fourth-order valence-corrected chi connectivity index (χ4v) is 7.07. The summed E-state index contributed by atoms with van der Waals surface area (Å²) in [5.74, 6) is -3.80. The number of carbonyl (C=O) groups excluding carboxylic acids is 4. The Balaban J connectivity index is 1.91. The van der Waals surface area contributed by atoms with E-state index in [0.29, 0.717) is 5.56 Å². The number of furan rings is 1. The summed E-state index contributed by atoms with van der Waals surface area (Å²) in [7, 11) is 0. The lowest BCUT2D eigenvalue weighted by Gasteiger charge is -2.63. The van der Waals surface area contributed by atoms with Crippen molar-refractivity contribution in [2.75, 3.05) is 12.5 Å². The molecule has 34 heavy (non-hydrogen) atoms. The smallest absolute Gasteiger partial charge is 0.313 e. The number of aliphatic hydroxyl groups is 1. The Hall–Kier alpha value is -2.39. The number of halogens is 1. The Bertz CT molecular complexity index is 991. The minimum absolute atomic E-state index is 0.0272. The van der Waals surface area contributed by atoms with Crippen molar-refractivity contribution in [2.45, 2.75) is 64.3 Å². The average molecular weight is 497 g/mol. The van der Waals surface area contributed by atoms with Gasteiger partial charge in [0.25, 0.3) is 0 Å². The molecule has 0 aromatic carbocycles. The van der Waals surface area contributed by atoms with Gasteiger partial charge in [-0.3, -0.25) is 19.2 Å². The van der Waals surface area contributed by atoms with Crippen LogP contribution in [0.4, 0.5) is 0 Å². The number of esters is 3. The van der Waals surface area contributed by atoms with Gasteiger partial charge in [0.2, 0.25) is 0 Å². The molecule has 0 radical (unpaired) electrons. The molecule has 1 aromatic rings. The summed E-state index contributed by atoms with van der Waals surface area (Å²) in [6.45, 7) is 3.88. The zero-order valence-electron chi connectivity index (χ0n) is 19.4. The van der Waals surface area contributed by atoms with Crippen LogP contribution in [0.25, 0.3) is 0 Å². The van der Waals surface area contributed by atoms with Gasteiger partial charge in [-0.2, -0.15) is 0 Å². The summed E-state index contributed by atoms with van der Waals surface area (Å²) in [5, 5.41) is 11.8. The Kier molecular flexibility index (Phi) is 6.31. The molecule has 9 nitrogen and oxygen atoms in total. The Morgan fingerprint density at radius 1 is 1.26 bits per heavy atom. The third-order valence-corrected chi connectivity index (χ3v) is 8.63. The van der Waals surface area contributed by atoms with Crippen molar-refractivity contribution in [3.8, 4) is 0 Å². The van der Waals surface area contributed by atoms with E-state index in [2.05, 4.69) is 0 Å². The zero-order chi connectivity index (χ0) is 24.9. The molecule has 1 aromatic heterocycles. The molecule has 1 N–H and O–H groups in total. The highest BCUT2D eigenvalue weighted by Gasteiger charge is 2.76. The number of alkyl halides is 1. The topological polar surface area (TPSA) is 129 Å². The summed E-state index contributed by atoms with van der Waals surface area (Å²) in [6.07, 6.45) is 2.03. The maximum absolute atomic E-state index is 13.6. The highest BCUT2D eigenvalue weighted by molar-refractivity contribution is 6.21. The second kappa shape index (κ2) is 8.68. The van der Waals surface area contributed by atoms with Gasteiger partial charge < -0.3 is 23.7 Å². The summed E-state index contributed by atoms with van der Waals surface area (Å²) < 4.78 is 22.1. The van der Waals surface area contributed by atoms with Gasteiger partial charge in [0.15, 0.2) is 5.78 Å². The van der Waals surface area contributed by atoms with E-state index >= 15 is 0 Å². The first-order valence-corrected chi connectivity index (χ1v) is 11.9. The number of ether oxygens (including phenoxy) is 3. The van der Waals surface area contributed by atoms with Crippen LogP contribution >= 0.6 is 11.6 Å². The second-order valence-electron chi connectivity index (χ2n) is 9.76. The molecule has 0 amide bonds. The number of rotatable bonds is 5. The van der Waals surface area contributed by atoms with E-state index in [-0.39, 0.29) is 31.6 Å². The average Bonchev–Trinajstić information content (AvgIpc) is 3.42. The van der Waals surface area contributed by atoms with Gasteiger partial charge >= 0.3 is 17.9 Å². The van der Waals surface area contributed by atoms with Crippen LogP contribution in [0.1, 0.15) is 58.1 Å². The molecule has 0 bridgehead atoms. The summed E-state index contributed by atoms with van der Waals surface area (Å²) in [5.41, 5.74) is -4.24. The number of carbonyl (C=O) groups is 4. The number of cyclic esters (lactones) is 1. The van der Waals surface area contributed by atoms with Gasteiger partial charge in [0.05, 0.1) is 29.2 Å². The fraction of sp³-hybridized carbons (Fsp3) is 0.667. The lowest BCUT2D eigenvalue weighted by atomic mass is 9.41. The van der Waals surface area contributed by atoms with Crippen LogP contribution in [-0.4, -0.2) is 53.0 Å². The number of Topliss-reactive ketones (excluding diaryl/α,β-unsaturated/α-hetero) is 1. The minimum atomic E-state index is -2.19. The first-order chi connectivity index (χ1) is 16.0. The highest BCUT2D eigenvalue weighted by Crippen LogP contribution is 2.67. The van der Waals surface area contributed by atoms with E-state index in [0.717, 1.165) is 0 Å². The molecule has 2 aliphatic carbocycles. The Morgan fingerprint density at radius 3 is 2.59 bits per heavy atom. The van der Waals surface area contributed by atoms with Crippen LogP contribution in [0, 0.1) is 22.7 Å². The molecule has 1 saturated heterocycles. The van der Waals surface area contributed by atoms with E-state index < -0.39 is 70.7 Å². The fourth-order valence-electron chi connectivity index (χ4n) is 6.67. The van der Waals surface area contributed by atoms with Crippen molar-refractivity contribution in [1.82, 2.24) is 0 Å². The standard InChI is InChI=1S/C24H29ClO9/c1-13-8-20(33-15(3)27)23(12-32-14(2)26)18(4-5-19(28)24(23,30)11-25)22(13)9-17(34-21(22)29)16-6-7-31-10-16/h6-7,10,13,17-18,20,30H,4-5,8-9,11-12H2,1-3H3/t13-,17?,18-,20+,22-,23+,24-/m1/s1. The molecule has 3 aliphatic rings. The molecule has 7 atom stereocenters. The predicted octanol–water partition coefficient (Wildman–Crippen LogP) is 2.72. The monoisotopic (exact) mass is 496 g/mol. The van der Waals surface area contributed by atoms with Gasteiger partial charge in [-0.15, -0.1) is 11.6 Å². The lowest BCUT2D eigenvalue weighted by Crippen LogP contribution is -2.75. The first kappa shape index (κ1) is 24.7. The van der Waals surface area contributed by atoms with Gasteiger partial charge in [-0.25, -0.2) is 0 Å². The van der Waals surface area contributed by atoms with Crippen molar-refractivity contribution in [3.05, 3.63) is 24.2 Å². The molecule has 1 unspecified atom stereocenters. The number of ketones is 1. The number of hydrogen-bond donors (Lipinski definition) is 1. The van der Waals surface area contributed by atoms with Gasteiger partial charge in [-0.1, -0.05) is 6.92 Å². The van der Waals surface area contributed by atoms with Crippen molar-refractivity contribution in [2.24, 2.45) is 22.7 Å². The van der Waals surface area contributed by atoms with E-state index in [1.54, 1.807) is 6.07 Å². The number of hydrogen-bond acceptors (Lipinski definition) is 9. The molecule has 1 spiro atoms. The molecule has 186 valence electrons. The van der Waals surface area contributed by atoms with E-state index in [4.69, 9.17) is 30.2 Å². The van der Waals surface area contributed by atoms with E-state index in [9.17, 15) is 24.3 Å². The summed E-state index contributed by atoms with van der Waals surface area (Å²) >= 11 is 6.24. The third kappa shape index (κ3) is 3.39. The second-order valence-corrected chi connectivity index (χ2v) is 10.0. The lowest BCUT2D eigenvalue weighted by molar-refractivity contribution is -0.255. The molecule has 3 fully saturated rings. The maximum atomic E-state index is 13.6. The van der Waals surface area contributed by atoms with E-state index in [1.807, 2.05) is 6.92 Å². The van der Waals surface area contributed by atoms with Crippen LogP contribution in [0.5, 0.6) is 0 Å². The van der Waals surface area contributed by atoms with Gasteiger partial charge in [-0.05, 0) is 30.7 Å². The van der Waals surface area contributed by atoms with Crippen LogP contribution in [0.15, 0.2) is 23.0 Å². The predicted molar refractivity (Wildman–Crippen MR) is 116 cm³/mol. The van der Waals surface area contributed by atoms with Crippen molar-refractivity contribution < 1.29 is 42.9 Å². The normalized spacial score (nSPS) is 39.4. The first-order valence-electron chi connectivity index (χ1n) is 11.4. The Morgan fingerprint density at radius 2 is 2.00 bits per heavy atom. The largest absolute Gasteiger partial charge is 0.472 e. The zero-order valence-corrected chi connectivity index (χ0v) is 20.1. The van der Waals surface area contributed by atoms with Crippen LogP contribution in [0.2, 0.25) is 0 Å². The molecular weight excluding hydrogens is 468 g/mol. The summed E-state index contributed by atoms with van der Waals surface area (Å²) in [4.78, 5) is 50.8. The summed E-state index contributed by atoms with van der Waals surface area (Å²) in [6, 6.07) is 1.72. The molecular formula is C24H29ClO9. The van der Waals surface area contributed by atoms with E-state index in [1.165, 1.54) is 26.4 Å². The molecule has 4 rings (SSSR count). The van der Waals surface area contributed by atoms with Gasteiger partial charge in [0.1, 0.15) is 24.4 Å². The number of fused-ring (bicyclic) bond motifs is 2. The Labute approximate surface area is 202 Å².